The summed E-state index contributed by atoms with van der Waals surface area (Å²) in [6.07, 6.45) is 0. The fourth-order valence-corrected chi connectivity index (χ4v) is 3.57. The zero-order chi connectivity index (χ0) is 21.6. The molecule has 0 atom stereocenters. The first-order valence-electron chi connectivity index (χ1n) is 9.31. The number of benzene rings is 3. The Morgan fingerprint density at radius 2 is 1.65 bits per heavy atom. The highest BCUT2D eigenvalue weighted by atomic mass is 35.5. The van der Waals surface area contributed by atoms with E-state index in [1.165, 1.54) is 0 Å². The van der Waals surface area contributed by atoms with Crippen LogP contribution in [0.1, 0.15) is 15.9 Å². The molecule has 3 aromatic carbocycles. The molecule has 1 N–H and O–H groups in total. The number of anilines is 1. The van der Waals surface area contributed by atoms with Gasteiger partial charge in [0.05, 0.1) is 11.4 Å². The summed E-state index contributed by atoms with van der Waals surface area (Å²) in [7, 11) is 0. The monoisotopic (exact) mass is 449 g/mol. The molecule has 6 nitrogen and oxygen atoms in total. The van der Waals surface area contributed by atoms with Crippen molar-refractivity contribution in [1.29, 1.82) is 0 Å². The van der Waals surface area contributed by atoms with Gasteiger partial charge in [0.15, 0.2) is 5.78 Å². The Morgan fingerprint density at radius 1 is 0.935 bits per heavy atom. The highest BCUT2D eigenvalue weighted by Gasteiger charge is 2.17. The zero-order valence-corrected chi connectivity index (χ0v) is 17.7. The lowest BCUT2D eigenvalue weighted by atomic mass is 10.0. The van der Waals surface area contributed by atoms with Gasteiger partial charge in [0.25, 0.3) is 5.22 Å². The highest BCUT2D eigenvalue weighted by Crippen LogP contribution is 2.26. The predicted octanol–water partition coefficient (Wildman–Crippen LogP) is 5.35. The first-order valence-corrected chi connectivity index (χ1v) is 10.7. The van der Waals surface area contributed by atoms with E-state index in [9.17, 15) is 9.59 Å². The van der Waals surface area contributed by atoms with E-state index < -0.39 is 0 Å². The molecule has 1 heterocycles. The number of hydrogen-bond donors (Lipinski definition) is 1. The summed E-state index contributed by atoms with van der Waals surface area (Å²) in [5, 5.41) is 11.4. The summed E-state index contributed by atoms with van der Waals surface area (Å²) in [5.41, 5.74) is 2.02. The Bertz CT molecular complexity index is 1210. The molecule has 4 rings (SSSR count). The second-order valence-corrected chi connectivity index (χ2v) is 7.82. The topological polar surface area (TPSA) is 85.1 Å². The number of amides is 1. The largest absolute Gasteiger partial charge is 0.411 e. The molecule has 0 unspecified atom stereocenters. The normalized spacial score (nSPS) is 10.6. The number of nitrogens with one attached hydrogen (secondary N) is 1. The highest BCUT2D eigenvalue weighted by molar-refractivity contribution is 7.99. The van der Waals surface area contributed by atoms with Crippen LogP contribution in [0.15, 0.2) is 88.5 Å². The van der Waals surface area contributed by atoms with Crippen molar-refractivity contribution < 1.29 is 14.0 Å². The Morgan fingerprint density at radius 3 is 2.39 bits per heavy atom. The maximum atomic E-state index is 12.9. The standard InChI is InChI=1S/C23H16ClN3O3S/c24-17-11-12-19(18(13-17)21(29)15-7-3-1-4-8-15)25-20(28)14-31-23-27-26-22(30-23)16-9-5-2-6-10-16/h1-13H,14H2,(H,25,28). The van der Waals surface area contributed by atoms with E-state index in [4.69, 9.17) is 16.0 Å². The molecule has 0 aliphatic heterocycles. The second kappa shape index (κ2) is 9.59. The number of carbonyl (C=O) groups excluding carboxylic acids is 2. The third-order valence-corrected chi connectivity index (χ3v) is 5.34. The first-order chi connectivity index (χ1) is 15.1. The van der Waals surface area contributed by atoms with E-state index in [0.717, 1.165) is 17.3 Å². The Balaban J connectivity index is 1.43. The van der Waals surface area contributed by atoms with Crippen LogP contribution in [0.5, 0.6) is 0 Å². The van der Waals surface area contributed by atoms with Gasteiger partial charge in [-0.25, -0.2) is 0 Å². The molecule has 0 radical (unpaired) electrons. The Kier molecular flexibility index (Phi) is 6.45. The fourth-order valence-electron chi connectivity index (χ4n) is 2.84. The molecule has 0 saturated heterocycles. The molecule has 4 aromatic rings. The van der Waals surface area contributed by atoms with Crippen molar-refractivity contribution >= 4 is 40.7 Å². The predicted molar refractivity (Wildman–Crippen MR) is 120 cm³/mol. The van der Waals surface area contributed by atoms with Crippen molar-refractivity contribution in [3.05, 3.63) is 95.0 Å². The van der Waals surface area contributed by atoms with Gasteiger partial charge < -0.3 is 9.73 Å². The maximum Gasteiger partial charge on any atom is 0.277 e. The first kappa shape index (κ1) is 20.8. The van der Waals surface area contributed by atoms with Crippen LogP contribution >= 0.6 is 23.4 Å². The van der Waals surface area contributed by atoms with Crippen molar-refractivity contribution in [2.24, 2.45) is 0 Å². The van der Waals surface area contributed by atoms with Crippen LogP contribution in [0.25, 0.3) is 11.5 Å². The molecule has 0 fully saturated rings. The van der Waals surface area contributed by atoms with Gasteiger partial charge in [-0.15, -0.1) is 10.2 Å². The van der Waals surface area contributed by atoms with Gasteiger partial charge >= 0.3 is 0 Å². The fraction of sp³-hybridized carbons (Fsp3) is 0.0435. The van der Waals surface area contributed by atoms with Crippen LogP contribution in [-0.4, -0.2) is 27.6 Å². The molecule has 0 aliphatic rings. The van der Waals surface area contributed by atoms with Crippen molar-refractivity contribution in [3.8, 4) is 11.5 Å². The molecular weight excluding hydrogens is 434 g/mol. The number of rotatable bonds is 7. The molecular formula is C23H16ClN3O3S. The zero-order valence-electron chi connectivity index (χ0n) is 16.1. The molecule has 1 amide bonds. The minimum Gasteiger partial charge on any atom is -0.411 e. The van der Waals surface area contributed by atoms with E-state index in [1.807, 2.05) is 36.4 Å². The molecule has 0 saturated carbocycles. The van der Waals surface area contributed by atoms with E-state index in [1.54, 1.807) is 42.5 Å². The molecule has 31 heavy (non-hydrogen) atoms. The van der Waals surface area contributed by atoms with E-state index in [0.29, 0.717) is 27.7 Å². The van der Waals surface area contributed by atoms with Gasteiger partial charge in [0, 0.05) is 21.7 Å². The van der Waals surface area contributed by atoms with Crippen molar-refractivity contribution in [1.82, 2.24) is 10.2 Å². The SMILES string of the molecule is O=C(CSc1nnc(-c2ccccc2)o1)Nc1ccc(Cl)cc1C(=O)c1ccccc1. The molecule has 0 bridgehead atoms. The molecule has 154 valence electrons. The Hall–Kier alpha value is -3.42. The smallest absolute Gasteiger partial charge is 0.277 e. The van der Waals surface area contributed by atoms with Crippen LogP contribution in [0, 0.1) is 0 Å². The third-order valence-electron chi connectivity index (χ3n) is 4.29. The van der Waals surface area contributed by atoms with Crippen LogP contribution < -0.4 is 5.32 Å². The quantitative estimate of drug-likeness (QED) is 0.302. The van der Waals surface area contributed by atoms with Crippen molar-refractivity contribution in [3.63, 3.8) is 0 Å². The molecule has 1 aromatic heterocycles. The van der Waals surface area contributed by atoms with Crippen LogP contribution in [0.2, 0.25) is 5.02 Å². The number of aromatic nitrogens is 2. The summed E-state index contributed by atoms with van der Waals surface area (Å²) in [6.45, 7) is 0. The molecule has 0 aliphatic carbocycles. The van der Waals surface area contributed by atoms with Gasteiger partial charge in [-0.2, -0.15) is 0 Å². The maximum absolute atomic E-state index is 12.9. The number of carbonyl (C=O) groups is 2. The van der Waals surface area contributed by atoms with E-state index >= 15 is 0 Å². The van der Waals surface area contributed by atoms with Gasteiger partial charge in [-0.05, 0) is 30.3 Å². The third kappa shape index (κ3) is 5.20. The van der Waals surface area contributed by atoms with Gasteiger partial charge in [0.1, 0.15) is 0 Å². The van der Waals surface area contributed by atoms with Crippen LogP contribution in [-0.2, 0) is 4.79 Å². The summed E-state index contributed by atoms with van der Waals surface area (Å²) in [4.78, 5) is 25.4. The van der Waals surface area contributed by atoms with Crippen LogP contribution in [0.3, 0.4) is 0 Å². The van der Waals surface area contributed by atoms with Gasteiger partial charge in [-0.3, -0.25) is 9.59 Å². The average Bonchev–Trinajstić information content (AvgIpc) is 3.29. The van der Waals surface area contributed by atoms with Crippen molar-refractivity contribution in [2.45, 2.75) is 5.22 Å². The number of nitrogens with zero attached hydrogens (tertiary/aromatic N) is 2. The lowest BCUT2D eigenvalue weighted by Crippen LogP contribution is -2.17. The minimum atomic E-state index is -0.311. The number of hydrogen-bond acceptors (Lipinski definition) is 6. The second-order valence-electron chi connectivity index (χ2n) is 6.46. The van der Waals surface area contributed by atoms with Crippen molar-refractivity contribution in [2.75, 3.05) is 11.1 Å². The summed E-state index contributed by atoms with van der Waals surface area (Å²) >= 11 is 7.20. The van der Waals surface area contributed by atoms with Gasteiger partial charge in [0.2, 0.25) is 11.8 Å². The van der Waals surface area contributed by atoms with E-state index in [-0.39, 0.29) is 22.7 Å². The van der Waals surface area contributed by atoms with Crippen LogP contribution in [0.4, 0.5) is 5.69 Å². The number of halogens is 1. The molecule has 0 spiro atoms. The minimum absolute atomic E-state index is 0.0397. The average molecular weight is 450 g/mol. The lowest BCUT2D eigenvalue weighted by Gasteiger charge is -2.11. The summed E-state index contributed by atoms with van der Waals surface area (Å²) in [6, 6.07) is 23.0. The molecule has 8 heteroatoms. The lowest BCUT2D eigenvalue weighted by molar-refractivity contribution is -0.113. The van der Waals surface area contributed by atoms with Gasteiger partial charge in [-0.1, -0.05) is 71.9 Å². The Labute approximate surface area is 187 Å². The summed E-state index contributed by atoms with van der Waals surface area (Å²) < 4.78 is 5.60. The summed E-state index contributed by atoms with van der Waals surface area (Å²) in [5.74, 6) is -0.112. The number of thioether (sulfide) groups is 1. The van der Waals surface area contributed by atoms with E-state index in [2.05, 4.69) is 15.5 Å². The number of ketones is 1.